The van der Waals surface area contributed by atoms with Crippen LogP contribution in [0.1, 0.15) is 53.4 Å². The molecule has 7 atom stereocenters. The van der Waals surface area contributed by atoms with Crippen molar-refractivity contribution in [3.05, 3.63) is 11.1 Å². The second-order valence-electron chi connectivity index (χ2n) is 9.28. The van der Waals surface area contributed by atoms with Gasteiger partial charge in [-0.05, 0) is 66.9 Å². The highest BCUT2D eigenvalue weighted by atomic mass is 16.4. The predicted molar refractivity (Wildman–Crippen MR) is 91.0 cm³/mol. The van der Waals surface area contributed by atoms with Gasteiger partial charge in [-0.1, -0.05) is 34.1 Å². The molecule has 0 aromatic heterocycles. The van der Waals surface area contributed by atoms with Crippen LogP contribution < -0.4 is 5.32 Å². The Morgan fingerprint density at radius 3 is 2.70 bits per heavy atom. The summed E-state index contributed by atoms with van der Waals surface area (Å²) in [7, 11) is 0. The number of hydrogen-bond acceptors (Lipinski definition) is 2. The summed E-state index contributed by atoms with van der Waals surface area (Å²) in [6.45, 7) is 10.1. The van der Waals surface area contributed by atoms with Crippen LogP contribution in [0.4, 0.5) is 0 Å². The smallest absolute Gasteiger partial charge is 0.332 e. The molecule has 1 saturated heterocycles. The van der Waals surface area contributed by atoms with Gasteiger partial charge in [0.25, 0.3) is 0 Å². The fourth-order valence-electron chi connectivity index (χ4n) is 6.92. The summed E-state index contributed by atoms with van der Waals surface area (Å²) < 4.78 is 0. The number of carbonyl (C=O) groups is 1. The zero-order valence-corrected chi connectivity index (χ0v) is 14.9. The Bertz CT molecular complexity index is 566. The van der Waals surface area contributed by atoms with Gasteiger partial charge in [-0.15, -0.1) is 0 Å². The van der Waals surface area contributed by atoms with E-state index in [1.165, 1.54) is 24.8 Å². The number of fused-ring (bicyclic) bond motifs is 3. The van der Waals surface area contributed by atoms with Crippen LogP contribution in [0.15, 0.2) is 11.1 Å². The van der Waals surface area contributed by atoms with Gasteiger partial charge in [-0.25, -0.2) is 4.79 Å². The molecule has 3 nitrogen and oxygen atoms in total. The topological polar surface area (TPSA) is 49.3 Å². The first kappa shape index (κ1) is 15.7. The van der Waals surface area contributed by atoms with Crippen molar-refractivity contribution in [2.45, 2.75) is 59.4 Å². The maximum absolute atomic E-state index is 12.3. The second-order valence-corrected chi connectivity index (χ2v) is 9.28. The predicted octanol–water partition coefficient (Wildman–Crippen LogP) is 3.70. The van der Waals surface area contributed by atoms with Crippen LogP contribution in [0, 0.1) is 40.9 Å². The molecule has 1 aliphatic heterocycles. The number of carboxylic acid groups (broad SMARTS) is 1. The van der Waals surface area contributed by atoms with Gasteiger partial charge in [0.2, 0.25) is 0 Å². The van der Waals surface area contributed by atoms with E-state index in [1.54, 1.807) is 0 Å². The molecular formula is C20H31NO2. The van der Waals surface area contributed by atoms with Crippen LogP contribution in [-0.2, 0) is 4.79 Å². The van der Waals surface area contributed by atoms with Gasteiger partial charge in [0.15, 0.2) is 0 Å². The summed E-state index contributed by atoms with van der Waals surface area (Å²) in [6.07, 6.45) is 5.01. The van der Waals surface area contributed by atoms with E-state index in [2.05, 4.69) is 33.0 Å². The number of rotatable bonds is 2. The lowest BCUT2D eigenvalue weighted by atomic mass is 9.67. The third kappa shape index (κ3) is 2.01. The Balaban J connectivity index is 1.86. The Kier molecular flexibility index (Phi) is 3.46. The maximum Gasteiger partial charge on any atom is 0.332 e. The molecule has 2 bridgehead atoms. The standard InChI is InChI=1S/C20H31NO2/c1-10(2)16-17(19(22)23)20(4)8-14-11(3)5-6-13(14)12-7-15(20)18(16)21-9-12/h10-15,18,21H,5-9H2,1-4H3,(H,22,23)/t11-,12+,13+,14-,15-,18+,20-/m1/s1. The summed E-state index contributed by atoms with van der Waals surface area (Å²) in [5, 5.41) is 13.9. The second kappa shape index (κ2) is 5.08. The highest BCUT2D eigenvalue weighted by Gasteiger charge is 2.60. The SMILES string of the molecule is CC(C)C1=C(C(=O)O)[C@]2(C)C[C@H]3[C@@H](CC[C@H]3C)[C@@H]3CN[C@H]1[C@H]2C3. The lowest BCUT2D eigenvalue weighted by Gasteiger charge is -2.40. The molecule has 4 aliphatic rings. The van der Waals surface area contributed by atoms with Crippen molar-refractivity contribution in [3.63, 3.8) is 0 Å². The minimum Gasteiger partial charge on any atom is -0.478 e. The average Bonchev–Trinajstić information content (AvgIpc) is 2.93. The molecule has 23 heavy (non-hydrogen) atoms. The third-order valence-corrected chi connectivity index (χ3v) is 7.91. The third-order valence-electron chi connectivity index (χ3n) is 7.91. The molecule has 3 fully saturated rings. The lowest BCUT2D eigenvalue weighted by molar-refractivity contribution is -0.134. The van der Waals surface area contributed by atoms with Crippen LogP contribution in [0.2, 0.25) is 0 Å². The first-order valence-electron chi connectivity index (χ1n) is 9.55. The molecular weight excluding hydrogens is 286 g/mol. The molecule has 128 valence electrons. The number of carboxylic acids is 1. The highest BCUT2D eigenvalue weighted by Crippen LogP contribution is 2.62. The van der Waals surface area contributed by atoms with Crippen molar-refractivity contribution in [1.82, 2.24) is 5.32 Å². The van der Waals surface area contributed by atoms with Crippen LogP contribution >= 0.6 is 0 Å². The van der Waals surface area contributed by atoms with Crippen molar-refractivity contribution in [1.29, 1.82) is 0 Å². The largest absolute Gasteiger partial charge is 0.478 e. The highest BCUT2D eigenvalue weighted by molar-refractivity contribution is 5.90. The molecule has 0 radical (unpaired) electrons. The van der Waals surface area contributed by atoms with Gasteiger partial charge in [0.1, 0.15) is 0 Å². The fourth-order valence-corrected chi connectivity index (χ4v) is 6.92. The molecule has 4 rings (SSSR count). The zero-order valence-electron chi connectivity index (χ0n) is 14.9. The van der Waals surface area contributed by atoms with E-state index in [4.69, 9.17) is 0 Å². The monoisotopic (exact) mass is 317 g/mol. The Labute approximate surface area is 139 Å². The molecule has 0 amide bonds. The molecule has 0 spiro atoms. The first-order valence-corrected chi connectivity index (χ1v) is 9.55. The van der Waals surface area contributed by atoms with Crippen LogP contribution in [-0.4, -0.2) is 23.7 Å². The molecule has 2 N–H and O–H groups in total. The summed E-state index contributed by atoms with van der Waals surface area (Å²) in [5.74, 6) is 3.20. The van der Waals surface area contributed by atoms with Gasteiger partial charge < -0.3 is 10.4 Å². The van der Waals surface area contributed by atoms with Crippen molar-refractivity contribution >= 4 is 5.97 Å². The van der Waals surface area contributed by atoms with Gasteiger partial charge in [0, 0.05) is 17.0 Å². The summed E-state index contributed by atoms with van der Waals surface area (Å²) in [5.41, 5.74) is 1.84. The van der Waals surface area contributed by atoms with E-state index in [-0.39, 0.29) is 5.41 Å². The van der Waals surface area contributed by atoms with E-state index >= 15 is 0 Å². The Morgan fingerprint density at radius 2 is 2.04 bits per heavy atom. The Morgan fingerprint density at radius 1 is 1.30 bits per heavy atom. The molecule has 0 aromatic rings. The first-order chi connectivity index (χ1) is 10.8. The minimum absolute atomic E-state index is 0.139. The maximum atomic E-state index is 12.3. The number of nitrogens with one attached hydrogen (secondary N) is 1. The molecule has 0 aromatic carbocycles. The number of piperidine rings is 1. The normalized spacial score (nSPS) is 48.6. The zero-order chi connectivity index (χ0) is 16.5. The molecule has 3 aliphatic carbocycles. The number of hydrogen-bond donors (Lipinski definition) is 2. The van der Waals surface area contributed by atoms with E-state index in [9.17, 15) is 9.90 Å². The van der Waals surface area contributed by atoms with E-state index < -0.39 is 5.97 Å². The summed E-state index contributed by atoms with van der Waals surface area (Å²) in [4.78, 5) is 12.3. The number of aliphatic carboxylic acids is 1. The summed E-state index contributed by atoms with van der Waals surface area (Å²) in [6, 6.07) is 0.302. The lowest BCUT2D eigenvalue weighted by Crippen LogP contribution is -2.48. The quantitative estimate of drug-likeness (QED) is 0.816. The summed E-state index contributed by atoms with van der Waals surface area (Å²) >= 11 is 0. The van der Waals surface area contributed by atoms with Crippen molar-refractivity contribution in [2.24, 2.45) is 40.9 Å². The van der Waals surface area contributed by atoms with Gasteiger partial charge in [-0.3, -0.25) is 0 Å². The van der Waals surface area contributed by atoms with Crippen LogP contribution in [0.5, 0.6) is 0 Å². The van der Waals surface area contributed by atoms with E-state index in [0.717, 1.165) is 42.2 Å². The van der Waals surface area contributed by atoms with Crippen molar-refractivity contribution < 1.29 is 9.90 Å². The van der Waals surface area contributed by atoms with E-state index in [0.29, 0.717) is 17.9 Å². The molecule has 0 unspecified atom stereocenters. The van der Waals surface area contributed by atoms with Crippen LogP contribution in [0.3, 0.4) is 0 Å². The van der Waals surface area contributed by atoms with Gasteiger partial charge in [0.05, 0.1) is 0 Å². The molecule has 2 saturated carbocycles. The fraction of sp³-hybridized carbons (Fsp3) is 0.850. The van der Waals surface area contributed by atoms with Crippen molar-refractivity contribution in [3.8, 4) is 0 Å². The van der Waals surface area contributed by atoms with Crippen molar-refractivity contribution in [2.75, 3.05) is 6.54 Å². The minimum atomic E-state index is -0.659. The van der Waals surface area contributed by atoms with E-state index in [1.807, 2.05) is 0 Å². The Hall–Kier alpha value is -0.830. The average molecular weight is 317 g/mol. The molecule has 3 heteroatoms. The van der Waals surface area contributed by atoms with Crippen LogP contribution in [0.25, 0.3) is 0 Å². The van der Waals surface area contributed by atoms with Gasteiger partial charge >= 0.3 is 5.97 Å². The molecule has 1 heterocycles. The van der Waals surface area contributed by atoms with Gasteiger partial charge in [-0.2, -0.15) is 0 Å².